The first kappa shape index (κ1) is 12.2. The summed E-state index contributed by atoms with van der Waals surface area (Å²) in [5.41, 5.74) is 1.53. The molecule has 1 aromatic carbocycles. The van der Waals surface area contributed by atoms with Crippen molar-refractivity contribution in [2.75, 3.05) is 5.32 Å². The molecular weight excluding hydrogens is 258 g/mol. The summed E-state index contributed by atoms with van der Waals surface area (Å²) in [5.74, 6) is 1.16. The standard InChI is InChI=1S/C13H13N5O2/c1-18-7-6-11(16-18)13-15-12(20-17-13)8-14-9-2-4-10(19)5-3-9/h2-7,14,19H,8H2,1H3. The molecule has 0 amide bonds. The summed E-state index contributed by atoms with van der Waals surface area (Å²) in [6.45, 7) is 0.407. The lowest BCUT2D eigenvalue weighted by Crippen LogP contribution is -1.99. The van der Waals surface area contributed by atoms with Crippen LogP contribution in [0, 0.1) is 0 Å². The van der Waals surface area contributed by atoms with E-state index >= 15 is 0 Å². The highest BCUT2D eigenvalue weighted by molar-refractivity contribution is 5.48. The third-order valence-corrected chi connectivity index (χ3v) is 2.72. The van der Waals surface area contributed by atoms with Crippen LogP contribution in [0.3, 0.4) is 0 Å². The Labute approximate surface area is 114 Å². The van der Waals surface area contributed by atoms with Crippen molar-refractivity contribution in [3.8, 4) is 17.3 Å². The van der Waals surface area contributed by atoms with Gasteiger partial charge in [-0.2, -0.15) is 10.1 Å². The van der Waals surface area contributed by atoms with Gasteiger partial charge in [-0.1, -0.05) is 5.16 Å². The number of aromatic hydroxyl groups is 1. The molecule has 2 N–H and O–H groups in total. The van der Waals surface area contributed by atoms with Gasteiger partial charge in [-0.3, -0.25) is 4.68 Å². The molecule has 0 fully saturated rings. The molecule has 102 valence electrons. The minimum atomic E-state index is 0.228. The van der Waals surface area contributed by atoms with Crippen LogP contribution in [-0.2, 0) is 13.6 Å². The average Bonchev–Trinajstić information content (AvgIpc) is 3.07. The fraction of sp³-hybridized carbons (Fsp3) is 0.154. The minimum Gasteiger partial charge on any atom is -0.508 e. The Morgan fingerprint density at radius 1 is 1.25 bits per heavy atom. The van der Waals surface area contributed by atoms with Crippen LogP contribution in [0.1, 0.15) is 5.89 Å². The van der Waals surface area contributed by atoms with E-state index in [1.165, 1.54) is 0 Å². The van der Waals surface area contributed by atoms with E-state index in [9.17, 15) is 5.11 Å². The number of nitrogens with one attached hydrogen (secondary N) is 1. The van der Waals surface area contributed by atoms with E-state index in [0.29, 0.717) is 24.0 Å². The Bertz CT molecular complexity index is 702. The molecule has 0 saturated heterocycles. The van der Waals surface area contributed by atoms with Gasteiger partial charge in [0.05, 0.1) is 6.54 Å². The second kappa shape index (κ2) is 5.04. The van der Waals surface area contributed by atoms with Crippen molar-refractivity contribution in [2.45, 2.75) is 6.54 Å². The third kappa shape index (κ3) is 2.61. The van der Waals surface area contributed by atoms with Crippen LogP contribution in [0.5, 0.6) is 5.75 Å². The second-order valence-corrected chi connectivity index (χ2v) is 4.29. The lowest BCUT2D eigenvalue weighted by Gasteiger charge is -2.02. The van der Waals surface area contributed by atoms with Crippen molar-refractivity contribution in [3.63, 3.8) is 0 Å². The van der Waals surface area contributed by atoms with E-state index in [0.717, 1.165) is 5.69 Å². The molecule has 0 aliphatic heterocycles. The first-order valence-corrected chi connectivity index (χ1v) is 6.06. The summed E-state index contributed by atoms with van der Waals surface area (Å²) in [7, 11) is 1.83. The topological polar surface area (TPSA) is 89.0 Å². The number of hydrogen-bond donors (Lipinski definition) is 2. The molecule has 0 atom stereocenters. The van der Waals surface area contributed by atoms with Crippen molar-refractivity contribution in [3.05, 3.63) is 42.4 Å². The quantitative estimate of drug-likeness (QED) is 0.703. The Morgan fingerprint density at radius 2 is 2.05 bits per heavy atom. The van der Waals surface area contributed by atoms with E-state index in [-0.39, 0.29) is 5.75 Å². The summed E-state index contributed by atoms with van der Waals surface area (Å²) in [6.07, 6.45) is 1.82. The molecule has 2 heterocycles. The van der Waals surface area contributed by atoms with Gasteiger partial charge in [0.1, 0.15) is 11.4 Å². The van der Waals surface area contributed by atoms with E-state index in [4.69, 9.17) is 4.52 Å². The number of nitrogens with zero attached hydrogens (tertiary/aromatic N) is 4. The van der Waals surface area contributed by atoms with Gasteiger partial charge in [0.15, 0.2) is 0 Å². The SMILES string of the molecule is Cn1ccc(-c2noc(CNc3ccc(O)cc3)n2)n1. The van der Waals surface area contributed by atoms with Crippen LogP contribution in [0.2, 0.25) is 0 Å². The Morgan fingerprint density at radius 3 is 2.75 bits per heavy atom. The van der Waals surface area contributed by atoms with Gasteiger partial charge in [-0.05, 0) is 30.3 Å². The average molecular weight is 271 g/mol. The van der Waals surface area contributed by atoms with Gasteiger partial charge < -0.3 is 14.9 Å². The van der Waals surface area contributed by atoms with E-state index in [1.807, 2.05) is 19.3 Å². The summed E-state index contributed by atoms with van der Waals surface area (Å²) < 4.78 is 6.83. The number of phenols is 1. The molecule has 0 aliphatic carbocycles. The zero-order chi connectivity index (χ0) is 13.9. The third-order valence-electron chi connectivity index (χ3n) is 2.72. The molecular formula is C13H13N5O2. The normalized spacial score (nSPS) is 10.7. The zero-order valence-corrected chi connectivity index (χ0v) is 10.8. The first-order chi connectivity index (χ1) is 9.70. The molecule has 7 nitrogen and oxygen atoms in total. The van der Waals surface area contributed by atoms with Gasteiger partial charge >= 0.3 is 0 Å². The van der Waals surface area contributed by atoms with Gasteiger partial charge in [0.25, 0.3) is 0 Å². The highest BCUT2D eigenvalue weighted by Gasteiger charge is 2.10. The maximum absolute atomic E-state index is 9.20. The highest BCUT2D eigenvalue weighted by atomic mass is 16.5. The number of rotatable bonds is 4. The second-order valence-electron chi connectivity index (χ2n) is 4.29. The van der Waals surface area contributed by atoms with Crippen LogP contribution >= 0.6 is 0 Å². The summed E-state index contributed by atoms with van der Waals surface area (Å²) in [4.78, 5) is 4.26. The predicted octanol–water partition coefficient (Wildman–Crippen LogP) is 1.79. The Kier molecular flexibility index (Phi) is 3.08. The molecule has 0 bridgehead atoms. The van der Waals surface area contributed by atoms with Crippen LogP contribution in [0.25, 0.3) is 11.5 Å². The smallest absolute Gasteiger partial charge is 0.246 e. The van der Waals surface area contributed by atoms with E-state index < -0.39 is 0 Å². The maximum atomic E-state index is 9.20. The molecule has 7 heteroatoms. The van der Waals surface area contributed by atoms with Crippen LogP contribution in [0.15, 0.2) is 41.1 Å². The van der Waals surface area contributed by atoms with Crippen LogP contribution in [0.4, 0.5) is 5.69 Å². The molecule has 20 heavy (non-hydrogen) atoms. The van der Waals surface area contributed by atoms with Gasteiger partial charge in [0, 0.05) is 18.9 Å². The number of anilines is 1. The van der Waals surface area contributed by atoms with Crippen molar-refractivity contribution in [2.24, 2.45) is 7.05 Å². The van der Waals surface area contributed by atoms with Crippen molar-refractivity contribution < 1.29 is 9.63 Å². The van der Waals surface area contributed by atoms with Gasteiger partial charge in [-0.15, -0.1) is 0 Å². The van der Waals surface area contributed by atoms with Gasteiger partial charge in [-0.25, -0.2) is 0 Å². The molecule has 2 aromatic heterocycles. The fourth-order valence-corrected chi connectivity index (χ4v) is 1.72. The van der Waals surface area contributed by atoms with Crippen molar-refractivity contribution in [1.29, 1.82) is 0 Å². The number of benzene rings is 1. The molecule has 0 saturated carbocycles. The molecule has 3 rings (SSSR count). The van der Waals surface area contributed by atoms with Crippen molar-refractivity contribution in [1.82, 2.24) is 19.9 Å². The predicted molar refractivity (Wildman–Crippen MR) is 71.9 cm³/mol. The first-order valence-electron chi connectivity index (χ1n) is 6.06. The monoisotopic (exact) mass is 271 g/mol. The van der Waals surface area contributed by atoms with Crippen molar-refractivity contribution >= 4 is 5.69 Å². The Hall–Kier alpha value is -2.83. The summed E-state index contributed by atoms with van der Waals surface area (Å²) in [5, 5.41) is 20.4. The van der Waals surface area contributed by atoms with Crippen LogP contribution in [-0.4, -0.2) is 25.0 Å². The number of aromatic nitrogens is 4. The molecule has 0 unspecified atom stereocenters. The number of aryl methyl sites for hydroxylation is 1. The van der Waals surface area contributed by atoms with E-state index in [2.05, 4.69) is 20.6 Å². The highest BCUT2D eigenvalue weighted by Crippen LogP contribution is 2.16. The Balaban J connectivity index is 1.67. The van der Waals surface area contributed by atoms with E-state index in [1.54, 1.807) is 28.9 Å². The molecule has 0 radical (unpaired) electrons. The van der Waals surface area contributed by atoms with Gasteiger partial charge in [0.2, 0.25) is 11.7 Å². The zero-order valence-electron chi connectivity index (χ0n) is 10.8. The maximum Gasteiger partial charge on any atom is 0.246 e. The number of hydrogen-bond acceptors (Lipinski definition) is 6. The lowest BCUT2D eigenvalue weighted by atomic mass is 10.3. The molecule has 0 spiro atoms. The summed E-state index contributed by atoms with van der Waals surface area (Å²) >= 11 is 0. The lowest BCUT2D eigenvalue weighted by molar-refractivity contribution is 0.384. The molecule has 0 aliphatic rings. The summed E-state index contributed by atoms with van der Waals surface area (Å²) in [6, 6.07) is 8.57. The minimum absolute atomic E-state index is 0.228. The number of phenolic OH excluding ortho intramolecular Hbond substituents is 1. The molecule has 3 aromatic rings. The largest absolute Gasteiger partial charge is 0.508 e. The fourth-order valence-electron chi connectivity index (χ4n) is 1.72. The van der Waals surface area contributed by atoms with Crippen LogP contribution < -0.4 is 5.32 Å².